The molecule has 0 aliphatic carbocycles. The second-order valence-corrected chi connectivity index (χ2v) is 5.67. The summed E-state index contributed by atoms with van der Waals surface area (Å²) < 4.78 is 0.846. The average Bonchev–Trinajstić information content (AvgIpc) is 2.52. The van der Waals surface area contributed by atoms with Gasteiger partial charge in [-0.15, -0.1) is 11.3 Å². The molecule has 3 nitrogen and oxygen atoms in total. The van der Waals surface area contributed by atoms with Gasteiger partial charge >= 0.3 is 5.97 Å². The molecule has 0 saturated heterocycles. The molecule has 1 aromatic heterocycles. The molecule has 0 radical (unpaired) electrons. The van der Waals surface area contributed by atoms with Crippen molar-refractivity contribution in [1.29, 1.82) is 0 Å². The van der Waals surface area contributed by atoms with Crippen molar-refractivity contribution in [2.24, 2.45) is 0 Å². The lowest BCUT2D eigenvalue weighted by Crippen LogP contribution is -1.99. The van der Waals surface area contributed by atoms with E-state index in [0.29, 0.717) is 19.3 Å². The zero-order chi connectivity index (χ0) is 12.1. The quantitative estimate of drug-likeness (QED) is 0.645. The molecule has 0 spiro atoms. The molecule has 16 heavy (non-hydrogen) atoms. The molecule has 1 N–H and O–H groups in total. The van der Waals surface area contributed by atoms with E-state index in [1.807, 2.05) is 13.0 Å². The molecule has 5 heteroatoms. The number of rotatable bonds is 6. The van der Waals surface area contributed by atoms with Crippen molar-refractivity contribution >= 4 is 39.0 Å². The van der Waals surface area contributed by atoms with Crippen molar-refractivity contribution in [2.75, 3.05) is 0 Å². The Kier molecular flexibility index (Phi) is 5.15. The lowest BCUT2D eigenvalue weighted by atomic mass is 10.1. The van der Waals surface area contributed by atoms with Gasteiger partial charge in [-0.05, 0) is 41.8 Å². The summed E-state index contributed by atoms with van der Waals surface area (Å²) in [7, 11) is 0. The van der Waals surface area contributed by atoms with E-state index in [2.05, 4.69) is 15.9 Å². The summed E-state index contributed by atoms with van der Waals surface area (Å²) in [6.45, 7) is 1.95. The number of carbonyl (C=O) groups excluding carboxylic acids is 1. The van der Waals surface area contributed by atoms with E-state index >= 15 is 0 Å². The fourth-order valence-electron chi connectivity index (χ4n) is 1.35. The van der Waals surface area contributed by atoms with Crippen molar-refractivity contribution in [3.63, 3.8) is 0 Å². The average molecular weight is 305 g/mol. The molecule has 0 aliphatic heterocycles. The van der Waals surface area contributed by atoms with Crippen LogP contribution in [-0.4, -0.2) is 16.9 Å². The number of carbonyl (C=O) groups is 2. The van der Waals surface area contributed by atoms with E-state index in [1.54, 1.807) is 0 Å². The van der Waals surface area contributed by atoms with Crippen molar-refractivity contribution in [3.05, 3.63) is 20.3 Å². The number of ketones is 1. The Labute approximate surface area is 107 Å². The highest BCUT2D eigenvalue weighted by Gasteiger charge is 2.13. The van der Waals surface area contributed by atoms with Crippen LogP contribution in [0.15, 0.2) is 10.5 Å². The summed E-state index contributed by atoms with van der Waals surface area (Å²) >= 11 is 4.82. The lowest BCUT2D eigenvalue weighted by Gasteiger charge is -1.98. The third kappa shape index (κ3) is 4.06. The number of thiophene rings is 1. The Morgan fingerprint density at radius 2 is 2.00 bits per heavy atom. The van der Waals surface area contributed by atoms with Crippen LogP contribution >= 0.6 is 27.3 Å². The van der Waals surface area contributed by atoms with E-state index in [0.717, 1.165) is 14.2 Å². The molecule has 0 atom stereocenters. The predicted octanol–water partition coefficient (Wildman–Crippen LogP) is 3.65. The van der Waals surface area contributed by atoms with Crippen LogP contribution < -0.4 is 0 Å². The van der Waals surface area contributed by atoms with Gasteiger partial charge in [0.15, 0.2) is 5.78 Å². The molecule has 0 aliphatic rings. The number of carboxylic acids is 1. The van der Waals surface area contributed by atoms with E-state index in [4.69, 9.17) is 5.11 Å². The first-order valence-electron chi connectivity index (χ1n) is 5.01. The first-order valence-corrected chi connectivity index (χ1v) is 6.62. The number of Topliss-reactive ketones (excluding diaryl/α,β-unsaturated/α-hetero) is 1. The molecule has 0 unspecified atom stereocenters. The molecule has 0 aromatic carbocycles. The SMILES string of the molecule is Cc1cc(Br)c(C(=O)CCCCC(=O)O)s1. The highest BCUT2D eigenvalue weighted by atomic mass is 79.9. The molecular formula is C11H13BrO3S. The Morgan fingerprint density at radius 3 is 2.50 bits per heavy atom. The van der Waals surface area contributed by atoms with Crippen molar-refractivity contribution < 1.29 is 14.7 Å². The summed E-state index contributed by atoms with van der Waals surface area (Å²) in [5.41, 5.74) is 0. The van der Waals surface area contributed by atoms with Gasteiger partial charge in [-0.2, -0.15) is 0 Å². The van der Waals surface area contributed by atoms with E-state index in [9.17, 15) is 9.59 Å². The summed E-state index contributed by atoms with van der Waals surface area (Å²) in [5.74, 6) is -0.712. The van der Waals surface area contributed by atoms with Crippen LogP contribution in [0.4, 0.5) is 0 Å². The van der Waals surface area contributed by atoms with E-state index in [-0.39, 0.29) is 12.2 Å². The number of hydrogen-bond acceptors (Lipinski definition) is 3. The first-order chi connectivity index (χ1) is 7.50. The summed E-state index contributed by atoms with van der Waals surface area (Å²) in [5, 5.41) is 8.45. The molecule has 0 bridgehead atoms. The number of aliphatic carboxylic acids is 1. The molecule has 0 amide bonds. The van der Waals surface area contributed by atoms with Crippen molar-refractivity contribution in [2.45, 2.75) is 32.6 Å². The van der Waals surface area contributed by atoms with Gasteiger partial charge in [-0.1, -0.05) is 0 Å². The smallest absolute Gasteiger partial charge is 0.303 e. The van der Waals surface area contributed by atoms with Crippen LogP contribution in [0, 0.1) is 6.92 Å². The Hall–Kier alpha value is -0.680. The van der Waals surface area contributed by atoms with Crippen molar-refractivity contribution in [3.8, 4) is 0 Å². The zero-order valence-electron chi connectivity index (χ0n) is 8.96. The standard InChI is InChI=1S/C11H13BrO3S/c1-7-6-8(12)11(16-7)9(13)4-2-3-5-10(14)15/h6H,2-5H2,1H3,(H,14,15). The minimum atomic E-state index is -0.805. The van der Waals surface area contributed by atoms with Gasteiger partial charge in [-0.25, -0.2) is 0 Å². The van der Waals surface area contributed by atoms with E-state index in [1.165, 1.54) is 11.3 Å². The Balaban J connectivity index is 2.41. The number of carboxylic acid groups (broad SMARTS) is 1. The Morgan fingerprint density at radius 1 is 1.38 bits per heavy atom. The van der Waals surface area contributed by atoms with Crippen LogP contribution in [0.1, 0.15) is 40.2 Å². The maximum Gasteiger partial charge on any atom is 0.303 e. The normalized spacial score (nSPS) is 10.4. The van der Waals surface area contributed by atoms with E-state index < -0.39 is 5.97 Å². The van der Waals surface area contributed by atoms with Crippen LogP contribution in [0.2, 0.25) is 0 Å². The van der Waals surface area contributed by atoms with Gasteiger partial charge in [0.25, 0.3) is 0 Å². The largest absolute Gasteiger partial charge is 0.481 e. The molecule has 88 valence electrons. The molecule has 0 saturated carbocycles. The maximum absolute atomic E-state index is 11.8. The summed E-state index contributed by atoms with van der Waals surface area (Å²) in [6, 6.07) is 1.93. The van der Waals surface area contributed by atoms with Gasteiger partial charge in [-0.3, -0.25) is 9.59 Å². The zero-order valence-corrected chi connectivity index (χ0v) is 11.4. The summed E-state index contributed by atoms with van der Waals surface area (Å²) in [4.78, 5) is 23.9. The highest BCUT2D eigenvalue weighted by Crippen LogP contribution is 2.28. The van der Waals surface area contributed by atoms with Gasteiger partial charge < -0.3 is 5.11 Å². The van der Waals surface area contributed by atoms with Crippen LogP contribution in [0.25, 0.3) is 0 Å². The third-order valence-corrected chi connectivity index (χ3v) is 4.09. The Bertz CT molecular complexity index is 398. The minimum absolute atomic E-state index is 0.0929. The van der Waals surface area contributed by atoms with Crippen LogP contribution in [0.5, 0.6) is 0 Å². The lowest BCUT2D eigenvalue weighted by molar-refractivity contribution is -0.137. The topological polar surface area (TPSA) is 54.4 Å². The second-order valence-electron chi connectivity index (χ2n) is 3.56. The summed E-state index contributed by atoms with van der Waals surface area (Å²) in [6.07, 6.45) is 1.75. The first kappa shape index (κ1) is 13.4. The fraction of sp³-hybridized carbons (Fsp3) is 0.455. The number of hydrogen-bond donors (Lipinski definition) is 1. The molecule has 1 aromatic rings. The van der Waals surface area contributed by atoms with Crippen molar-refractivity contribution in [1.82, 2.24) is 0 Å². The molecule has 1 rings (SSSR count). The minimum Gasteiger partial charge on any atom is -0.481 e. The van der Waals surface area contributed by atoms with Gasteiger partial charge in [0.05, 0.1) is 4.88 Å². The van der Waals surface area contributed by atoms with Crippen LogP contribution in [0.3, 0.4) is 0 Å². The molecule has 1 heterocycles. The van der Waals surface area contributed by atoms with Gasteiger partial charge in [0, 0.05) is 22.2 Å². The number of halogens is 1. The van der Waals surface area contributed by atoms with Gasteiger partial charge in [0.2, 0.25) is 0 Å². The maximum atomic E-state index is 11.8. The number of unbranched alkanes of at least 4 members (excludes halogenated alkanes) is 1. The fourth-order valence-corrected chi connectivity index (χ4v) is 3.18. The number of aryl methyl sites for hydroxylation is 1. The molecule has 0 fully saturated rings. The third-order valence-electron chi connectivity index (χ3n) is 2.11. The second kappa shape index (κ2) is 6.15. The predicted molar refractivity (Wildman–Crippen MR) is 67.2 cm³/mol. The highest BCUT2D eigenvalue weighted by molar-refractivity contribution is 9.10. The molecular weight excluding hydrogens is 292 g/mol. The van der Waals surface area contributed by atoms with Gasteiger partial charge in [0.1, 0.15) is 0 Å². The van der Waals surface area contributed by atoms with Crippen LogP contribution in [-0.2, 0) is 4.79 Å². The monoisotopic (exact) mass is 304 g/mol.